The Morgan fingerprint density at radius 3 is 2.68 bits per heavy atom. The van der Waals surface area contributed by atoms with Crippen LogP contribution in [0.5, 0.6) is 0 Å². The summed E-state index contributed by atoms with van der Waals surface area (Å²) in [5, 5.41) is 4.10. The van der Waals surface area contributed by atoms with E-state index >= 15 is 0 Å². The van der Waals surface area contributed by atoms with E-state index in [9.17, 15) is 8.42 Å². The Kier molecular flexibility index (Phi) is 4.03. The van der Waals surface area contributed by atoms with Crippen LogP contribution in [0, 0.1) is 6.92 Å². The standard InChI is InChI=1S/C11H14BrN3O2S2/c1-7(2)15-9(4-5-13-15)14-19(16,17)10-6-8(3)11(12)18-10/h4-7,14H,1-3H3. The molecule has 0 aliphatic heterocycles. The third-order valence-corrected chi connectivity index (χ3v) is 6.46. The summed E-state index contributed by atoms with van der Waals surface area (Å²) in [6.07, 6.45) is 1.58. The van der Waals surface area contributed by atoms with Crippen molar-refractivity contribution in [3.8, 4) is 0 Å². The number of rotatable bonds is 4. The summed E-state index contributed by atoms with van der Waals surface area (Å²) in [6, 6.07) is 3.38. The maximum absolute atomic E-state index is 12.3. The Bertz CT molecular complexity index is 669. The smallest absolute Gasteiger partial charge is 0.263 e. The van der Waals surface area contributed by atoms with E-state index in [0.717, 1.165) is 9.35 Å². The van der Waals surface area contributed by atoms with Gasteiger partial charge in [-0.05, 0) is 48.3 Å². The predicted molar refractivity (Wildman–Crippen MR) is 80.2 cm³/mol. The van der Waals surface area contributed by atoms with Crippen LogP contribution < -0.4 is 4.72 Å². The summed E-state index contributed by atoms with van der Waals surface area (Å²) in [4.78, 5) is 0. The van der Waals surface area contributed by atoms with Crippen molar-refractivity contribution in [3.05, 3.63) is 27.7 Å². The molecule has 2 rings (SSSR count). The fourth-order valence-corrected chi connectivity index (χ4v) is 4.83. The van der Waals surface area contributed by atoms with Gasteiger partial charge >= 0.3 is 0 Å². The van der Waals surface area contributed by atoms with E-state index in [0.29, 0.717) is 5.82 Å². The Balaban J connectivity index is 2.34. The highest BCUT2D eigenvalue weighted by Crippen LogP contribution is 2.31. The van der Waals surface area contributed by atoms with Gasteiger partial charge in [0, 0.05) is 12.1 Å². The van der Waals surface area contributed by atoms with Gasteiger partial charge in [-0.3, -0.25) is 4.72 Å². The van der Waals surface area contributed by atoms with Gasteiger partial charge in [0.25, 0.3) is 10.0 Å². The van der Waals surface area contributed by atoms with E-state index < -0.39 is 10.0 Å². The zero-order valence-electron chi connectivity index (χ0n) is 10.7. The minimum atomic E-state index is -3.56. The Hall–Kier alpha value is -0.860. The number of nitrogens with one attached hydrogen (secondary N) is 1. The third kappa shape index (κ3) is 3.01. The lowest BCUT2D eigenvalue weighted by Gasteiger charge is -2.12. The molecule has 0 fully saturated rings. The number of halogens is 1. The Morgan fingerprint density at radius 1 is 1.47 bits per heavy atom. The van der Waals surface area contributed by atoms with Gasteiger partial charge in [-0.1, -0.05) is 0 Å². The molecule has 0 spiro atoms. The van der Waals surface area contributed by atoms with Gasteiger partial charge in [0.05, 0.1) is 9.98 Å². The van der Waals surface area contributed by atoms with Crippen molar-refractivity contribution in [3.63, 3.8) is 0 Å². The van der Waals surface area contributed by atoms with Gasteiger partial charge in [0.1, 0.15) is 10.0 Å². The average Bonchev–Trinajstić information content (AvgIpc) is 2.87. The fraction of sp³-hybridized carbons (Fsp3) is 0.364. The fourth-order valence-electron chi connectivity index (χ4n) is 1.56. The molecule has 2 heterocycles. The maximum atomic E-state index is 12.3. The molecule has 0 amide bonds. The van der Waals surface area contributed by atoms with Crippen LogP contribution in [0.1, 0.15) is 25.5 Å². The molecule has 0 unspecified atom stereocenters. The minimum absolute atomic E-state index is 0.0875. The molecule has 1 N–H and O–H groups in total. The van der Waals surface area contributed by atoms with Crippen LogP contribution in [-0.2, 0) is 10.0 Å². The van der Waals surface area contributed by atoms with Gasteiger partial charge in [-0.2, -0.15) is 5.10 Å². The summed E-state index contributed by atoms with van der Waals surface area (Å²) in [6.45, 7) is 5.74. The molecule has 0 radical (unpaired) electrons. The summed E-state index contributed by atoms with van der Waals surface area (Å²) in [7, 11) is -3.56. The molecule has 19 heavy (non-hydrogen) atoms. The normalized spacial score (nSPS) is 12.1. The van der Waals surface area contributed by atoms with Crippen LogP contribution in [0.3, 0.4) is 0 Å². The molecule has 0 saturated heterocycles. The topological polar surface area (TPSA) is 64.0 Å². The summed E-state index contributed by atoms with van der Waals surface area (Å²) in [5.74, 6) is 0.470. The molecule has 0 aliphatic rings. The highest BCUT2D eigenvalue weighted by atomic mass is 79.9. The summed E-state index contributed by atoms with van der Waals surface area (Å²) in [5.41, 5.74) is 0.905. The highest BCUT2D eigenvalue weighted by molar-refractivity contribution is 9.11. The zero-order chi connectivity index (χ0) is 14.2. The number of hydrogen-bond donors (Lipinski definition) is 1. The zero-order valence-corrected chi connectivity index (χ0v) is 13.9. The van der Waals surface area contributed by atoms with E-state index in [1.165, 1.54) is 11.3 Å². The lowest BCUT2D eigenvalue weighted by Crippen LogP contribution is -2.16. The number of aryl methyl sites for hydroxylation is 1. The van der Waals surface area contributed by atoms with Crippen molar-refractivity contribution in [2.75, 3.05) is 4.72 Å². The van der Waals surface area contributed by atoms with Crippen molar-refractivity contribution in [2.24, 2.45) is 0 Å². The lowest BCUT2D eigenvalue weighted by molar-refractivity contribution is 0.539. The van der Waals surface area contributed by atoms with Crippen LogP contribution in [0.15, 0.2) is 26.3 Å². The first-order valence-electron chi connectivity index (χ1n) is 5.63. The van der Waals surface area contributed by atoms with Gasteiger partial charge in [-0.15, -0.1) is 11.3 Å². The van der Waals surface area contributed by atoms with Gasteiger partial charge in [0.15, 0.2) is 0 Å². The molecule has 0 bridgehead atoms. The number of hydrogen-bond acceptors (Lipinski definition) is 4. The first-order valence-corrected chi connectivity index (χ1v) is 8.73. The van der Waals surface area contributed by atoms with Crippen molar-refractivity contribution >= 4 is 43.1 Å². The summed E-state index contributed by atoms with van der Waals surface area (Å²) < 4.78 is 29.9. The van der Waals surface area contributed by atoms with Crippen molar-refractivity contribution < 1.29 is 8.42 Å². The first-order chi connectivity index (χ1) is 8.81. The second kappa shape index (κ2) is 5.26. The maximum Gasteiger partial charge on any atom is 0.272 e. The number of sulfonamides is 1. The van der Waals surface area contributed by atoms with Crippen LogP contribution in [0.4, 0.5) is 5.82 Å². The van der Waals surface area contributed by atoms with Crippen molar-refractivity contribution in [1.82, 2.24) is 9.78 Å². The first kappa shape index (κ1) is 14.5. The van der Waals surface area contributed by atoms with Crippen LogP contribution in [0.2, 0.25) is 0 Å². The molecule has 0 aromatic carbocycles. The molecule has 0 atom stereocenters. The van der Waals surface area contributed by atoms with Gasteiger partial charge in [0.2, 0.25) is 0 Å². The Labute approximate surface area is 124 Å². The number of nitrogens with zero attached hydrogens (tertiary/aromatic N) is 2. The monoisotopic (exact) mass is 363 g/mol. The molecular formula is C11H14BrN3O2S2. The van der Waals surface area contributed by atoms with Crippen molar-refractivity contribution in [1.29, 1.82) is 0 Å². The number of anilines is 1. The van der Waals surface area contributed by atoms with Crippen LogP contribution in [0.25, 0.3) is 0 Å². The predicted octanol–water partition coefficient (Wildman–Crippen LogP) is 3.40. The van der Waals surface area contributed by atoms with Gasteiger partial charge in [-0.25, -0.2) is 13.1 Å². The number of thiophene rings is 1. The SMILES string of the molecule is Cc1cc(S(=O)(=O)Nc2ccnn2C(C)C)sc1Br. The molecule has 0 saturated carbocycles. The molecule has 5 nitrogen and oxygen atoms in total. The quantitative estimate of drug-likeness (QED) is 0.905. The van der Waals surface area contributed by atoms with Crippen molar-refractivity contribution in [2.45, 2.75) is 31.0 Å². The molecular weight excluding hydrogens is 350 g/mol. The van der Waals surface area contributed by atoms with Crippen LogP contribution >= 0.6 is 27.3 Å². The largest absolute Gasteiger partial charge is 0.272 e. The Morgan fingerprint density at radius 2 is 2.16 bits per heavy atom. The van der Waals surface area contributed by atoms with E-state index in [4.69, 9.17) is 0 Å². The average molecular weight is 364 g/mol. The highest BCUT2D eigenvalue weighted by Gasteiger charge is 2.20. The molecule has 2 aromatic heterocycles. The number of aromatic nitrogens is 2. The van der Waals surface area contributed by atoms with E-state index in [2.05, 4.69) is 25.8 Å². The molecule has 0 aliphatic carbocycles. The summed E-state index contributed by atoms with van der Waals surface area (Å²) >= 11 is 4.53. The van der Waals surface area contributed by atoms with E-state index in [1.54, 1.807) is 23.0 Å². The van der Waals surface area contributed by atoms with E-state index in [-0.39, 0.29) is 10.3 Å². The minimum Gasteiger partial charge on any atom is -0.263 e. The van der Waals surface area contributed by atoms with Crippen LogP contribution in [-0.4, -0.2) is 18.2 Å². The molecule has 104 valence electrons. The third-order valence-electron chi connectivity index (χ3n) is 2.50. The lowest BCUT2D eigenvalue weighted by atomic mass is 10.4. The van der Waals surface area contributed by atoms with Gasteiger partial charge < -0.3 is 0 Å². The van der Waals surface area contributed by atoms with E-state index in [1.807, 2.05) is 20.8 Å². The second-order valence-corrected chi connectivity index (χ2v) is 8.66. The molecule has 8 heteroatoms. The second-order valence-electron chi connectivity index (χ2n) is 4.38. The molecule has 2 aromatic rings.